The van der Waals surface area contributed by atoms with Crippen molar-refractivity contribution < 1.29 is 9.53 Å². The van der Waals surface area contributed by atoms with Gasteiger partial charge in [-0.2, -0.15) is 0 Å². The average Bonchev–Trinajstić information content (AvgIpc) is 2.37. The van der Waals surface area contributed by atoms with Gasteiger partial charge in [-0.15, -0.1) is 0 Å². The van der Waals surface area contributed by atoms with Crippen LogP contribution in [0.5, 0.6) is 5.75 Å². The highest BCUT2D eigenvalue weighted by Crippen LogP contribution is 2.27. The smallest absolute Gasteiger partial charge is 0.174 e. The Morgan fingerprint density at radius 1 is 1.21 bits per heavy atom. The molecule has 0 N–H and O–H groups in total. The summed E-state index contributed by atoms with van der Waals surface area (Å²) in [5, 5.41) is 0. The zero-order valence-corrected chi connectivity index (χ0v) is 12.2. The van der Waals surface area contributed by atoms with E-state index < -0.39 is 0 Å². The number of carbonyl (C=O) groups excluding carboxylic acids is 1. The third-order valence-electron chi connectivity index (χ3n) is 3.72. The van der Waals surface area contributed by atoms with Gasteiger partial charge < -0.3 is 4.74 Å². The van der Waals surface area contributed by atoms with Gasteiger partial charge in [-0.05, 0) is 39.8 Å². The number of rotatable bonds is 4. The number of ether oxygens (including phenoxy) is 1. The fraction of sp³-hybridized carbons (Fsp3) is 0.562. The maximum Gasteiger partial charge on any atom is 0.174 e. The molecule has 3 nitrogen and oxygen atoms in total. The first kappa shape index (κ1) is 14.1. The number of carbonyl (C=O) groups is 1. The SMILES string of the molecule is CC(C)N(CC1COc2ccccc2C1=O)C(C)C. The van der Waals surface area contributed by atoms with Crippen LogP contribution >= 0.6 is 0 Å². The second-order valence-corrected chi connectivity index (χ2v) is 5.75. The molecule has 0 bridgehead atoms. The summed E-state index contributed by atoms with van der Waals surface area (Å²) in [5.74, 6) is 0.886. The van der Waals surface area contributed by atoms with Gasteiger partial charge in [0.25, 0.3) is 0 Å². The Morgan fingerprint density at radius 2 is 1.84 bits per heavy atom. The van der Waals surface area contributed by atoms with E-state index in [2.05, 4.69) is 32.6 Å². The molecule has 0 aliphatic carbocycles. The lowest BCUT2D eigenvalue weighted by atomic mass is 9.94. The van der Waals surface area contributed by atoms with E-state index in [-0.39, 0.29) is 11.7 Å². The lowest BCUT2D eigenvalue weighted by molar-refractivity contribution is 0.0698. The zero-order chi connectivity index (χ0) is 14.0. The Bertz CT molecular complexity index is 446. The molecule has 1 aromatic carbocycles. The molecule has 1 aliphatic rings. The Balaban J connectivity index is 2.14. The van der Waals surface area contributed by atoms with Crippen molar-refractivity contribution in [2.75, 3.05) is 13.2 Å². The van der Waals surface area contributed by atoms with E-state index in [1.165, 1.54) is 0 Å². The summed E-state index contributed by atoms with van der Waals surface area (Å²) in [5.41, 5.74) is 0.728. The highest BCUT2D eigenvalue weighted by molar-refractivity contribution is 6.01. The van der Waals surface area contributed by atoms with Gasteiger partial charge in [-0.1, -0.05) is 12.1 Å². The lowest BCUT2D eigenvalue weighted by Gasteiger charge is -2.35. The molecule has 1 atom stereocenters. The first-order valence-electron chi connectivity index (χ1n) is 7.02. The molecule has 0 fully saturated rings. The number of fused-ring (bicyclic) bond motifs is 1. The van der Waals surface area contributed by atoms with Crippen LogP contribution in [0.2, 0.25) is 0 Å². The molecule has 0 amide bonds. The van der Waals surface area contributed by atoms with E-state index in [1.807, 2.05) is 24.3 Å². The van der Waals surface area contributed by atoms with E-state index in [9.17, 15) is 4.79 Å². The standard InChI is InChI=1S/C16H23NO2/c1-11(2)17(12(3)4)9-13-10-19-15-8-6-5-7-14(15)16(13)18/h5-8,11-13H,9-10H2,1-4H3. The van der Waals surface area contributed by atoms with Crippen molar-refractivity contribution in [1.29, 1.82) is 0 Å². The van der Waals surface area contributed by atoms with E-state index in [0.717, 1.165) is 17.9 Å². The zero-order valence-electron chi connectivity index (χ0n) is 12.2. The minimum Gasteiger partial charge on any atom is -0.492 e. The van der Waals surface area contributed by atoms with Crippen LogP contribution in [0, 0.1) is 5.92 Å². The fourth-order valence-electron chi connectivity index (χ4n) is 2.69. The number of hydrogen-bond donors (Lipinski definition) is 0. The maximum absolute atomic E-state index is 12.5. The maximum atomic E-state index is 12.5. The number of para-hydroxylation sites is 1. The van der Waals surface area contributed by atoms with Crippen molar-refractivity contribution in [3.05, 3.63) is 29.8 Å². The molecule has 1 heterocycles. The lowest BCUT2D eigenvalue weighted by Crippen LogP contribution is -2.45. The molecular formula is C16H23NO2. The fourth-order valence-corrected chi connectivity index (χ4v) is 2.69. The molecule has 0 saturated heterocycles. The van der Waals surface area contributed by atoms with Gasteiger partial charge in [0, 0.05) is 18.6 Å². The largest absolute Gasteiger partial charge is 0.492 e. The number of Topliss-reactive ketones (excluding diaryl/α,β-unsaturated/α-hetero) is 1. The number of ketones is 1. The second-order valence-electron chi connectivity index (χ2n) is 5.75. The first-order valence-corrected chi connectivity index (χ1v) is 7.02. The third kappa shape index (κ3) is 2.98. The first-order chi connectivity index (χ1) is 9.00. The Labute approximate surface area is 115 Å². The second kappa shape index (κ2) is 5.74. The van der Waals surface area contributed by atoms with Crippen molar-refractivity contribution >= 4 is 5.78 Å². The van der Waals surface area contributed by atoms with Gasteiger partial charge in [0.2, 0.25) is 0 Å². The van der Waals surface area contributed by atoms with Gasteiger partial charge in [-0.3, -0.25) is 9.69 Å². The van der Waals surface area contributed by atoms with E-state index >= 15 is 0 Å². The quantitative estimate of drug-likeness (QED) is 0.834. The van der Waals surface area contributed by atoms with E-state index in [4.69, 9.17) is 4.74 Å². The van der Waals surface area contributed by atoms with Crippen LogP contribution in [0.25, 0.3) is 0 Å². The summed E-state index contributed by atoms with van der Waals surface area (Å²) in [6.45, 7) is 9.93. The summed E-state index contributed by atoms with van der Waals surface area (Å²) >= 11 is 0. The molecule has 2 rings (SSSR count). The molecule has 1 aliphatic heterocycles. The van der Waals surface area contributed by atoms with Crippen LogP contribution < -0.4 is 4.74 Å². The predicted octanol–water partition coefficient (Wildman–Crippen LogP) is 3.00. The molecular weight excluding hydrogens is 238 g/mol. The molecule has 3 heteroatoms. The minimum atomic E-state index is -0.0558. The molecule has 1 unspecified atom stereocenters. The van der Waals surface area contributed by atoms with Crippen molar-refractivity contribution in [1.82, 2.24) is 4.90 Å². The Hall–Kier alpha value is -1.35. The number of nitrogens with zero attached hydrogens (tertiary/aromatic N) is 1. The molecule has 0 aromatic heterocycles. The highest BCUT2D eigenvalue weighted by atomic mass is 16.5. The van der Waals surface area contributed by atoms with Crippen molar-refractivity contribution in [3.8, 4) is 5.75 Å². The summed E-state index contributed by atoms with van der Waals surface area (Å²) in [4.78, 5) is 14.8. The van der Waals surface area contributed by atoms with Crippen molar-refractivity contribution in [2.45, 2.75) is 39.8 Å². The van der Waals surface area contributed by atoms with Crippen LogP contribution in [0.15, 0.2) is 24.3 Å². The van der Waals surface area contributed by atoms with Crippen molar-refractivity contribution in [2.24, 2.45) is 5.92 Å². The van der Waals surface area contributed by atoms with E-state index in [0.29, 0.717) is 18.7 Å². The van der Waals surface area contributed by atoms with Crippen LogP contribution in [-0.2, 0) is 0 Å². The summed E-state index contributed by atoms with van der Waals surface area (Å²) in [6.07, 6.45) is 0. The monoisotopic (exact) mass is 261 g/mol. The number of benzene rings is 1. The minimum absolute atomic E-state index is 0.0558. The van der Waals surface area contributed by atoms with Gasteiger partial charge in [0.05, 0.1) is 18.1 Å². The number of hydrogen-bond acceptors (Lipinski definition) is 3. The highest BCUT2D eigenvalue weighted by Gasteiger charge is 2.31. The normalized spacial score (nSPS) is 18.9. The summed E-state index contributed by atoms with van der Waals surface area (Å²) in [7, 11) is 0. The van der Waals surface area contributed by atoms with Crippen LogP contribution in [0.1, 0.15) is 38.1 Å². The third-order valence-corrected chi connectivity index (χ3v) is 3.72. The summed E-state index contributed by atoms with van der Waals surface area (Å²) in [6, 6.07) is 8.40. The molecule has 0 saturated carbocycles. The van der Waals surface area contributed by atoms with Gasteiger partial charge >= 0.3 is 0 Å². The van der Waals surface area contributed by atoms with Crippen LogP contribution in [0.3, 0.4) is 0 Å². The predicted molar refractivity (Wildman–Crippen MR) is 76.7 cm³/mol. The molecule has 104 valence electrons. The van der Waals surface area contributed by atoms with Gasteiger partial charge in [-0.25, -0.2) is 0 Å². The van der Waals surface area contributed by atoms with Crippen molar-refractivity contribution in [3.63, 3.8) is 0 Å². The Morgan fingerprint density at radius 3 is 2.47 bits per heavy atom. The topological polar surface area (TPSA) is 29.5 Å². The van der Waals surface area contributed by atoms with Gasteiger partial charge in [0.1, 0.15) is 5.75 Å². The van der Waals surface area contributed by atoms with Gasteiger partial charge in [0.15, 0.2) is 5.78 Å². The molecule has 1 aromatic rings. The van der Waals surface area contributed by atoms with Crippen LogP contribution in [-0.4, -0.2) is 35.9 Å². The molecule has 0 spiro atoms. The summed E-state index contributed by atoms with van der Waals surface area (Å²) < 4.78 is 5.72. The van der Waals surface area contributed by atoms with E-state index in [1.54, 1.807) is 0 Å². The molecule has 19 heavy (non-hydrogen) atoms. The van der Waals surface area contributed by atoms with Crippen LogP contribution in [0.4, 0.5) is 0 Å². The molecule has 0 radical (unpaired) electrons. The Kier molecular flexibility index (Phi) is 4.25. The average molecular weight is 261 g/mol.